The Balaban J connectivity index is 1.61. The van der Waals surface area contributed by atoms with Gasteiger partial charge in [-0.2, -0.15) is 0 Å². The predicted molar refractivity (Wildman–Crippen MR) is 101 cm³/mol. The lowest BCUT2D eigenvalue weighted by atomic mass is 9.95. The summed E-state index contributed by atoms with van der Waals surface area (Å²) in [6, 6.07) is 16.2. The minimum absolute atomic E-state index is 0.218. The molecule has 136 valence electrons. The topological polar surface area (TPSA) is 52.1 Å². The van der Waals surface area contributed by atoms with Crippen molar-refractivity contribution >= 4 is 5.71 Å². The molecule has 0 bridgehead atoms. The molecule has 2 aromatic carbocycles. The number of rotatable bonds is 7. The van der Waals surface area contributed by atoms with Crippen LogP contribution < -0.4 is 14.8 Å². The van der Waals surface area contributed by atoms with E-state index in [2.05, 4.69) is 28.7 Å². The summed E-state index contributed by atoms with van der Waals surface area (Å²) in [5.74, 6) is 1.94. The number of benzene rings is 2. The van der Waals surface area contributed by atoms with Crippen molar-refractivity contribution in [2.45, 2.75) is 18.4 Å². The zero-order chi connectivity index (χ0) is 18.0. The highest BCUT2D eigenvalue weighted by Crippen LogP contribution is 2.60. The Morgan fingerprint density at radius 2 is 2.00 bits per heavy atom. The van der Waals surface area contributed by atoms with E-state index >= 15 is 0 Å². The SMILES string of the molecule is CNCCCON=C1c2ccccc2OC2(c3ccc(OC)cc3)CC12. The first-order valence-corrected chi connectivity index (χ1v) is 9.06. The molecule has 1 N–H and O–H groups in total. The predicted octanol–water partition coefficient (Wildman–Crippen LogP) is 3.33. The Morgan fingerprint density at radius 1 is 1.19 bits per heavy atom. The number of hydrogen-bond acceptors (Lipinski definition) is 5. The van der Waals surface area contributed by atoms with E-state index in [1.807, 2.05) is 37.4 Å². The number of para-hydroxylation sites is 1. The third-order valence-electron chi connectivity index (χ3n) is 5.10. The number of hydrogen-bond donors (Lipinski definition) is 1. The molecule has 2 aromatic rings. The second-order valence-corrected chi connectivity index (χ2v) is 6.74. The molecule has 1 aliphatic carbocycles. The molecule has 0 radical (unpaired) electrons. The Morgan fingerprint density at radius 3 is 2.77 bits per heavy atom. The smallest absolute Gasteiger partial charge is 0.143 e. The second-order valence-electron chi connectivity index (χ2n) is 6.74. The zero-order valence-electron chi connectivity index (χ0n) is 15.2. The van der Waals surface area contributed by atoms with Crippen LogP contribution in [0.4, 0.5) is 0 Å². The summed E-state index contributed by atoms with van der Waals surface area (Å²) in [5, 5.41) is 7.62. The van der Waals surface area contributed by atoms with Crippen molar-refractivity contribution in [3.8, 4) is 11.5 Å². The summed E-state index contributed by atoms with van der Waals surface area (Å²) >= 11 is 0. The minimum Gasteiger partial charge on any atom is -0.497 e. The number of methoxy groups -OCH3 is 1. The van der Waals surface area contributed by atoms with Gasteiger partial charge in [-0.15, -0.1) is 0 Å². The minimum atomic E-state index is -0.339. The van der Waals surface area contributed by atoms with Gasteiger partial charge < -0.3 is 19.6 Å². The lowest BCUT2D eigenvalue weighted by molar-refractivity contribution is 0.134. The van der Waals surface area contributed by atoms with Crippen LogP contribution in [0.15, 0.2) is 53.7 Å². The van der Waals surface area contributed by atoms with E-state index < -0.39 is 0 Å². The van der Waals surface area contributed by atoms with Crippen LogP contribution in [-0.2, 0) is 10.4 Å². The maximum Gasteiger partial charge on any atom is 0.143 e. The maximum atomic E-state index is 6.44. The molecule has 0 aromatic heterocycles. The zero-order valence-corrected chi connectivity index (χ0v) is 15.2. The number of ether oxygens (including phenoxy) is 2. The fourth-order valence-corrected chi connectivity index (χ4v) is 3.62. The van der Waals surface area contributed by atoms with Crippen molar-refractivity contribution in [3.63, 3.8) is 0 Å². The molecule has 2 atom stereocenters. The van der Waals surface area contributed by atoms with E-state index in [-0.39, 0.29) is 11.5 Å². The van der Waals surface area contributed by atoms with Crippen LogP contribution in [0.5, 0.6) is 11.5 Å². The average molecular weight is 352 g/mol. The molecular formula is C21H24N2O3. The largest absolute Gasteiger partial charge is 0.497 e. The van der Waals surface area contributed by atoms with Gasteiger partial charge in [0.1, 0.15) is 23.7 Å². The molecule has 0 saturated heterocycles. The van der Waals surface area contributed by atoms with Crippen LogP contribution in [-0.4, -0.2) is 33.0 Å². The van der Waals surface area contributed by atoms with Crippen LogP contribution in [0.25, 0.3) is 0 Å². The van der Waals surface area contributed by atoms with Crippen molar-refractivity contribution in [2.75, 3.05) is 27.3 Å². The molecule has 1 saturated carbocycles. The Hall–Kier alpha value is -2.53. The first-order chi connectivity index (χ1) is 12.8. The molecular weight excluding hydrogens is 328 g/mol. The van der Waals surface area contributed by atoms with E-state index in [1.54, 1.807) is 7.11 Å². The molecule has 1 heterocycles. The molecule has 1 aliphatic heterocycles. The first-order valence-electron chi connectivity index (χ1n) is 9.06. The van der Waals surface area contributed by atoms with Crippen molar-refractivity contribution in [2.24, 2.45) is 11.1 Å². The molecule has 5 heteroatoms. The van der Waals surface area contributed by atoms with Gasteiger partial charge in [0.05, 0.1) is 18.7 Å². The van der Waals surface area contributed by atoms with Gasteiger partial charge in [0.25, 0.3) is 0 Å². The third-order valence-corrected chi connectivity index (χ3v) is 5.10. The van der Waals surface area contributed by atoms with Gasteiger partial charge in [0.15, 0.2) is 0 Å². The Bertz CT molecular complexity index is 803. The van der Waals surface area contributed by atoms with Crippen LogP contribution in [0.2, 0.25) is 0 Å². The molecule has 5 nitrogen and oxygen atoms in total. The van der Waals surface area contributed by atoms with E-state index in [1.165, 1.54) is 0 Å². The monoisotopic (exact) mass is 352 g/mol. The summed E-state index contributed by atoms with van der Waals surface area (Å²) in [7, 11) is 3.62. The summed E-state index contributed by atoms with van der Waals surface area (Å²) in [6.07, 6.45) is 1.84. The molecule has 0 amide bonds. The van der Waals surface area contributed by atoms with Crippen LogP contribution >= 0.6 is 0 Å². The van der Waals surface area contributed by atoms with Crippen molar-refractivity contribution < 1.29 is 14.3 Å². The summed E-state index contributed by atoms with van der Waals surface area (Å²) in [6.45, 7) is 1.53. The average Bonchev–Trinajstić information content (AvgIpc) is 3.42. The van der Waals surface area contributed by atoms with E-state index in [0.29, 0.717) is 6.61 Å². The standard InChI is InChI=1S/C21H24N2O3/c1-22-12-5-13-25-23-20-17-6-3-4-7-19(17)26-21(14-18(20)21)15-8-10-16(24-2)11-9-15/h3-4,6-11,18,22H,5,12-14H2,1-2H3. The van der Waals surface area contributed by atoms with E-state index in [4.69, 9.17) is 14.3 Å². The van der Waals surface area contributed by atoms with Gasteiger partial charge in [-0.05, 0) is 49.8 Å². The number of oxime groups is 1. The fourth-order valence-electron chi connectivity index (χ4n) is 3.62. The Kier molecular flexibility index (Phi) is 4.55. The van der Waals surface area contributed by atoms with Gasteiger partial charge in [-0.1, -0.05) is 29.4 Å². The molecule has 4 rings (SSSR count). The van der Waals surface area contributed by atoms with Crippen LogP contribution in [0, 0.1) is 5.92 Å². The van der Waals surface area contributed by atoms with Crippen molar-refractivity contribution in [1.29, 1.82) is 0 Å². The normalized spacial score (nSPS) is 24.4. The lowest BCUT2D eigenvalue weighted by Crippen LogP contribution is -2.28. The summed E-state index contributed by atoms with van der Waals surface area (Å²) in [4.78, 5) is 5.62. The Labute approximate surface area is 154 Å². The fraction of sp³-hybridized carbons (Fsp3) is 0.381. The molecule has 1 fully saturated rings. The number of nitrogens with one attached hydrogen (secondary N) is 1. The summed E-state index contributed by atoms with van der Waals surface area (Å²) in [5.41, 5.74) is 2.84. The van der Waals surface area contributed by atoms with Gasteiger partial charge >= 0.3 is 0 Å². The third kappa shape index (κ3) is 2.92. The van der Waals surface area contributed by atoms with E-state index in [0.717, 1.165) is 47.7 Å². The quantitative estimate of drug-likeness (QED) is 0.613. The number of fused-ring (bicyclic) bond motifs is 2. The highest BCUT2D eigenvalue weighted by atomic mass is 16.6. The van der Waals surface area contributed by atoms with Crippen LogP contribution in [0.1, 0.15) is 24.0 Å². The van der Waals surface area contributed by atoms with Crippen LogP contribution in [0.3, 0.4) is 0 Å². The summed E-state index contributed by atoms with van der Waals surface area (Å²) < 4.78 is 11.7. The van der Waals surface area contributed by atoms with Gasteiger partial charge in [-0.3, -0.25) is 0 Å². The van der Waals surface area contributed by atoms with Gasteiger partial charge in [-0.25, -0.2) is 0 Å². The molecule has 2 aliphatic rings. The van der Waals surface area contributed by atoms with Gasteiger partial charge in [0, 0.05) is 12.0 Å². The maximum absolute atomic E-state index is 6.44. The van der Waals surface area contributed by atoms with E-state index in [9.17, 15) is 0 Å². The highest BCUT2D eigenvalue weighted by Gasteiger charge is 2.64. The first kappa shape index (κ1) is 16.9. The molecule has 0 spiro atoms. The second kappa shape index (κ2) is 7.00. The highest BCUT2D eigenvalue weighted by molar-refractivity contribution is 6.08. The molecule has 2 unspecified atom stereocenters. The molecule has 26 heavy (non-hydrogen) atoms. The van der Waals surface area contributed by atoms with Crippen molar-refractivity contribution in [3.05, 3.63) is 59.7 Å². The van der Waals surface area contributed by atoms with Gasteiger partial charge in [0.2, 0.25) is 0 Å². The van der Waals surface area contributed by atoms with Crippen molar-refractivity contribution in [1.82, 2.24) is 5.32 Å². The number of nitrogens with zero attached hydrogens (tertiary/aromatic N) is 1. The lowest BCUT2D eigenvalue weighted by Gasteiger charge is -2.27.